The number of thioether (sulfide) groups is 1. The number of rotatable bonds is 4. The molecule has 118 valence electrons. The molecule has 2 aliphatic rings. The van der Waals surface area contributed by atoms with Gasteiger partial charge in [-0.05, 0) is 13.8 Å². The first-order chi connectivity index (χ1) is 10.2. The summed E-state index contributed by atoms with van der Waals surface area (Å²) in [4.78, 5) is 6.94. The Labute approximate surface area is 130 Å². The van der Waals surface area contributed by atoms with Crippen LogP contribution in [0.3, 0.4) is 0 Å². The minimum atomic E-state index is -0.0626. The van der Waals surface area contributed by atoms with Gasteiger partial charge in [-0.25, -0.2) is 0 Å². The van der Waals surface area contributed by atoms with Gasteiger partial charge in [-0.3, -0.25) is 4.90 Å². The summed E-state index contributed by atoms with van der Waals surface area (Å²) in [6.45, 7) is 8.02. The number of hydrogen-bond acceptors (Lipinski definition) is 7. The first-order valence-corrected chi connectivity index (χ1v) is 8.87. The quantitative estimate of drug-likeness (QED) is 0.893. The van der Waals surface area contributed by atoms with Crippen molar-refractivity contribution < 1.29 is 9.26 Å². The molecule has 2 atom stereocenters. The van der Waals surface area contributed by atoms with Crippen molar-refractivity contribution in [3.8, 4) is 0 Å². The van der Waals surface area contributed by atoms with Gasteiger partial charge in [-0.2, -0.15) is 16.7 Å². The second-order valence-corrected chi connectivity index (χ2v) is 7.07. The lowest BCUT2D eigenvalue weighted by Gasteiger charge is -2.34. The topological polar surface area (TPSA) is 63.4 Å². The summed E-state index contributed by atoms with van der Waals surface area (Å²) in [5.41, 5.74) is 0. The van der Waals surface area contributed by atoms with Crippen LogP contribution in [0.15, 0.2) is 4.52 Å². The maximum absolute atomic E-state index is 5.80. The molecule has 6 nitrogen and oxygen atoms in total. The lowest BCUT2D eigenvalue weighted by molar-refractivity contribution is -0.0450. The third-order valence-electron chi connectivity index (χ3n) is 4.02. The molecular formula is C14H24N4O2S. The predicted octanol–water partition coefficient (Wildman–Crippen LogP) is 1.10. The molecule has 0 aliphatic carbocycles. The van der Waals surface area contributed by atoms with Gasteiger partial charge in [0.15, 0.2) is 0 Å². The van der Waals surface area contributed by atoms with Crippen molar-refractivity contribution in [3.63, 3.8) is 0 Å². The zero-order valence-electron chi connectivity index (χ0n) is 12.7. The fraction of sp³-hybridized carbons (Fsp3) is 0.857. The number of morpholine rings is 1. The Hall–Kier alpha value is -0.630. The highest BCUT2D eigenvalue weighted by Crippen LogP contribution is 2.21. The van der Waals surface area contributed by atoms with E-state index in [4.69, 9.17) is 9.26 Å². The van der Waals surface area contributed by atoms with Crippen LogP contribution in [0, 0.1) is 0 Å². The maximum atomic E-state index is 5.80. The number of nitrogens with zero attached hydrogens (tertiary/aromatic N) is 3. The molecule has 2 aliphatic heterocycles. The van der Waals surface area contributed by atoms with Crippen LogP contribution in [0.1, 0.15) is 31.7 Å². The first-order valence-electron chi connectivity index (χ1n) is 7.71. The zero-order valence-corrected chi connectivity index (χ0v) is 13.6. The van der Waals surface area contributed by atoms with Crippen LogP contribution in [-0.2, 0) is 11.2 Å². The summed E-state index contributed by atoms with van der Waals surface area (Å²) in [5.74, 6) is 3.71. The Morgan fingerprint density at radius 2 is 2.38 bits per heavy atom. The summed E-state index contributed by atoms with van der Waals surface area (Å²) < 4.78 is 11.2. The number of nitrogens with one attached hydrogen (secondary N) is 1. The molecule has 1 N–H and O–H groups in total. The largest absolute Gasteiger partial charge is 0.367 e. The lowest BCUT2D eigenvalue weighted by atomic mass is 10.2. The van der Waals surface area contributed by atoms with E-state index >= 15 is 0 Å². The van der Waals surface area contributed by atoms with Crippen molar-refractivity contribution in [1.82, 2.24) is 20.4 Å². The Morgan fingerprint density at radius 3 is 3.14 bits per heavy atom. The summed E-state index contributed by atoms with van der Waals surface area (Å²) in [6.07, 6.45) is 0.744. The van der Waals surface area contributed by atoms with Crippen LogP contribution in [0.25, 0.3) is 0 Å². The van der Waals surface area contributed by atoms with Gasteiger partial charge in [0, 0.05) is 49.6 Å². The molecule has 2 unspecified atom stereocenters. The van der Waals surface area contributed by atoms with Crippen molar-refractivity contribution in [3.05, 3.63) is 11.7 Å². The Kier molecular flexibility index (Phi) is 5.15. The van der Waals surface area contributed by atoms with Crippen molar-refractivity contribution >= 4 is 11.8 Å². The van der Waals surface area contributed by atoms with E-state index in [1.165, 1.54) is 5.75 Å². The van der Waals surface area contributed by atoms with E-state index in [0.717, 1.165) is 44.3 Å². The van der Waals surface area contributed by atoms with E-state index < -0.39 is 0 Å². The smallest absolute Gasteiger partial charge is 0.228 e. The van der Waals surface area contributed by atoms with Crippen molar-refractivity contribution in [2.24, 2.45) is 0 Å². The van der Waals surface area contributed by atoms with Gasteiger partial charge in [0.2, 0.25) is 11.7 Å². The van der Waals surface area contributed by atoms with E-state index in [9.17, 15) is 0 Å². The number of aromatic nitrogens is 2. The van der Waals surface area contributed by atoms with Gasteiger partial charge < -0.3 is 14.6 Å². The molecule has 2 fully saturated rings. The average Bonchev–Trinajstić information content (AvgIpc) is 2.97. The van der Waals surface area contributed by atoms with E-state index in [0.29, 0.717) is 17.9 Å². The summed E-state index contributed by atoms with van der Waals surface area (Å²) in [6, 6.07) is 0.961. The standard InChI is InChI=1S/C14H24N4O2S/c1-10(2)18-4-5-19-12(8-18)14-16-13(20-17-14)7-11-9-21-6-3-15-11/h10-12,15H,3-9H2,1-2H3. The fourth-order valence-electron chi connectivity index (χ4n) is 2.74. The highest BCUT2D eigenvalue weighted by Gasteiger charge is 2.28. The number of ether oxygens (including phenoxy) is 1. The molecule has 2 saturated heterocycles. The number of hydrogen-bond donors (Lipinski definition) is 1. The molecule has 0 saturated carbocycles. The molecule has 0 spiro atoms. The minimum absolute atomic E-state index is 0.0626. The van der Waals surface area contributed by atoms with Gasteiger partial charge >= 0.3 is 0 Å². The maximum Gasteiger partial charge on any atom is 0.228 e. The van der Waals surface area contributed by atoms with E-state index in [1.54, 1.807) is 0 Å². The zero-order chi connectivity index (χ0) is 14.7. The van der Waals surface area contributed by atoms with Crippen LogP contribution in [-0.4, -0.2) is 64.9 Å². The predicted molar refractivity (Wildman–Crippen MR) is 82.5 cm³/mol. The van der Waals surface area contributed by atoms with Gasteiger partial charge in [0.1, 0.15) is 6.10 Å². The van der Waals surface area contributed by atoms with E-state index in [2.05, 4.69) is 34.2 Å². The van der Waals surface area contributed by atoms with Crippen LogP contribution in [0.4, 0.5) is 0 Å². The van der Waals surface area contributed by atoms with E-state index in [-0.39, 0.29) is 6.10 Å². The average molecular weight is 312 g/mol. The third-order valence-corrected chi connectivity index (χ3v) is 5.15. The van der Waals surface area contributed by atoms with Gasteiger partial charge in [-0.15, -0.1) is 0 Å². The lowest BCUT2D eigenvalue weighted by Crippen LogP contribution is -2.42. The highest BCUT2D eigenvalue weighted by molar-refractivity contribution is 7.99. The third kappa shape index (κ3) is 3.97. The molecule has 0 aromatic carbocycles. The summed E-state index contributed by atoms with van der Waals surface area (Å²) >= 11 is 1.98. The minimum Gasteiger partial charge on any atom is -0.367 e. The fourth-order valence-corrected chi connectivity index (χ4v) is 3.69. The van der Waals surface area contributed by atoms with Crippen LogP contribution in [0.5, 0.6) is 0 Å². The molecule has 21 heavy (non-hydrogen) atoms. The molecule has 1 aromatic rings. The normalized spacial score (nSPS) is 28.1. The van der Waals surface area contributed by atoms with E-state index in [1.807, 2.05) is 11.8 Å². The Balaban J connectivity index is 1.58. The van der Waals surface area contributed by atoms with Crippen LogP contribution >= 0.6 is 11.8 Å². The SMILES string of the molecule is CC(C)N1CCOC(c2noc(CC3CSCCN3)n2)C1. The van der Waals surface area contributed by atoms with Crippen LogP contribution in [0.2, 0.25) is 0 Å². The van der Waals surface area contributed by atoms with Gasteiger partial charge in [0.05, 0.1) is 6.61 Å². The first kappa shape index (κ1) is 15.3. The monoisotopic (exact) mass is 312 g/mol. The second-order valence-electron chi connectivity index (χ2n) is 5.92. The van der Waals surface area contributed by atoms with Gasteiger partial charge in [-0.1, -0.05) is 5.16 Å². The molecule has 0 radical (unpaired) electrons. The molecule has 7 heteroatoms. The van der Waals surface area contributed by atoms with Crippen LogP contribution < -0.4 is 5.32 Å². The molecule has 1 aromatic heterocycles. The summed E-state index contributed by atoms with van der Waals surface area (Å²) in [5, 5.41) is 7.62. The van der Waals surface area contributed by atoms with Crippen molar-refractivity contribution in [2.45, 2.75) is 38.5 Å². The highest BCUT2D eigenvalue weighted by atomic mass is 32.2. The molecular weight excluding hydrogens is 288 g/mol. The van der Waals surface area contributed by atoms with Crippen molar-refractivity contribution in [1.29, 1.82) is 0 Å². The van der Waals surface area contributed by atoms with Crippen molar-refractivity contribution in [2.75, 3.05) is 37.7 Å². The second kappa shape index (κ2) is 7.09. The van der Waals surface area contributed by atoms with Gasteiger partial charge in [0.25, 0.3) is 0 Å². The summed E-state index contributed by atoms with van der Waals surface area (Å²) in [7, 11) is 0. The molecule has 3 heterocycles. The Morgan fingerprint density at radius 1 is 1.48 bits per heavy atom. The molecule has 3 rings (SSSR count). The molecule has 0 amide bonds. The molecule has 0 bridgehead atoms. The Bertz CT molecular complexity index is 448.